The molecule has 1 fully saturated rings. The lowest BCUT2D eigenvalue weighted by molar-refractivity contribution is 0.766. The molecular weight excluding hydrogens is 248 g/mol. The molecule has 0 saturated heterocycles. The second kappa shape index (κ2) is 5.41. The van der Waals surface area contributed by atoms with Crippen molar-refractivity contribution in [2.45, 2.75) is 37.5 Å². The van der Waals surface area contributed by atoms with Gasteiger partial charge in [0.1, 0.15) is 5.15 Å². The largest absolute Gasteiger partial charge is 0.358 e. The van der Waals surface area contributed by atoms with Gasteiger partial charge in [-0.3, -0.25) is 0 Å². The predicted octanol–water partition coefficient (Wildman–Crippen LogP) is 3.88. The molecule has 1 heterocycles. The van der Waals surface area contributed by atoms with E-state index in [2.05, 4.69) is 29.0 Å². The monoisotopic (exact) mass is 262 g/mol. The fraction of sp³-hybridized carbons (Fsp3) is 0.700. The smallest absolute Gasteiger partial charge is 0.184 e. The topological polar surface area (TPSA) is 24.9 Å². The summed E-state index contributed by atoms with van der Waals surface area (Å²) in [6, 6.07) is 0.581. The summed E-state index contributed by atoms with van der Waals surface area (Å²) in [5.41, 5.74) is 0. The molecule has 0 spiro atoms. The van der Waals surface area contributed by atoms with Gasteiger partial charge in [-0.15, -0.1) is 11.3 Å². The lowest BCUT2D eigenvalue weighted by Gasteiger charge is -2.19. The molecule has 1 aromatic heterocycles. The predicted molar refractivity (Wildman–Crippen MR) is 70.3 cm³/mol. The van der Waals surface area contributed by atoms with E-state index in [1.54, 1.807) is 11.3 Å². The van der Waals surface area contributed by atoms with Crippen LogP contribution in [-0.4, -0.2) is 22.0 Å². The molecule has 1 saturated carbocycles. The third kappa shape index (κ3) is 3.02. The molecule has 84 valence electrons. The highest BCUT2D eigenvalue weighted by Gasteiger charge is 2.27. The Morgan fingerprint density at radius 2 is 2.53 bits per heavy atom. The first-order valence-electron chi connectivity index (χ1n) is 5.28. The average Bonchev–Trinajstić information content (AvgIpc) is 2.78. The zero-order valence-corrected chi connectivity index (χ0v) is 11.1. The van der Waals surface area contributed by atoms with Crippen LogP contribution in [0.4, 0.5) is 5.13 Å². The summed E-state index contributed by atoms with van der Waals surface area (Å²) in [7, 11) is 0. The van der Waals surface area contributed by atoms with Gasteiger partial charge in [-0.2, -0.15) is 11.8 Å². The summed E-state index contributed by atoms with van der Waals surface area (Å²) in [5.74, 6) is 1.20. The molecule has 1 aliphatic carbocycles. The number of nitrogens with one attached hydrogen (secondary N) is 1. The first-order valence-corrected chi connectivity index (χ1v) is 7.59. The van der Waals surface area contributed by atoms with E-state index in [4.69, 9.17) is 11.6 Å². The van der Waals surface area contributed by atoms with Crippen molar-refractivity contribution < 1.29 is 0 Å². The summed E-state index contributed by atoms with van der Waals surface area (Å²) in [5, 5.41) is 7.69. The standard InChI is InChI=1S/C10H15ClN2S2/c1-2-14-8-5-3-4-7(8)12-10-13-9(11)6-15-10/h6-8H,2-5H2,1H3,(H,12,13). The molecule has 15 heavy (non-hydrogen) atoms. The van der Waals surface area contributed by atoms with Gasteiger partial charge in [0.25, 0.3) is 0 Å². The molecule has 0 aromatic carbocycles. The van der Waals surface area contributed by atoms with E-state index in [1.807, 2.05) is 5.38 Å². The second-order valence-corrected chi connectivity index (χ2v) is 6.41. The molecule has 0 aliphatic heterocycles. The molecule has 2 atom stereocenters. The fourth-order valence-electron chi connectivity index (χ4n) is 1.98. The van der Waals surface area contributed by atoms with E-state index in [1.165, 1.54) is 25.0 Å². The van der Waals surface area contributed by atoms with Crippen LogP contribution in [0.15, 0.2) is 5.38 Å². The summed E-state index contributed by atoms with van der Waals surface area (Å²) in [6.45, 7) is 2.22. The minimum Gasteiger partial charge on any atom is -0.358 e. The van der Waals surface area contributed by atoms with E-state index < -0.39 is 0 Å². The van der Waals surface area contributed by atoms with E-state index in [0.29, 0.717) is 11.2 Å². The maximum Gasteiger partial charge on any atom is 0.184 e. The number of rotatable bonds is 4. The molecule has 0 amide bonds. The van der Waals surface area contributed by atoms with Gasteiger partial charge in [0.05, 0.1) is 0 Å². The van der Waals surface area contributed by atoms with Gasteiger partial charge < -0.3 is 5.32 Å². The number of thiazole rings is 1. The highest BCUT2D eigenvalue weighted by atomic mass is 35.5. The number of aromatic nitrogens is 1. The van der Waals surface area contributed by atoms with Crippen molar-refractivity contribution in [2.24, 2.45) is 0 Å². The Morgan fingerprint density at radius 3 is 3.20 bits per heavy atom. The van der Waals surface area contributed by atoms with Crippen LogP contribution in [0.25, 0.3) is 0 Å². The van der Waals surface area contributed by atoms with Crippen molar-refractivity contribution in [1.29, 1.82) is 0 Å². The normalized spacial score (nSPS) is 25.7. The SMILES string of the molecule is CCSC1CCCC1Nc1nc(Cl)cs1. The first-order chi connectivity index (χ1) is 7.29. The van der Waals surface area contributed by atoms with E-state index in [-0.39, 0.29) is 0 Å². The Hall–Kier alpha value is 0.0700. The minimum absolute atomic E-state index is 0.581. The number of anilines is 1. The van der Waals surface area contributed by atoms with E-state index in [0.717, 1.165) is 10.4 Å². The Morgan fingerprint density at radius 1 is 1.67 bits per heavy atom. The fourth-order valence-corrected chi connectivity index (χ4v) is 4.08. The average molecular weight is 263 g/mol. The molecule has 2 nitrogen and oxygen atoms in total. The number of nitrogens with zero attached hydrogens (tertiary/aromatic N) is 1. The zero-order chi connectivity index (χ0) is 10.7. The highest BCUT2D eigenvalue weighted by Crippen LogP contribution is 2.33. The molecule has 1 N–H and O–H groups in total. The van der Waals surface area contributed by atoms with Crippen LogP contribution in [0, 0.1) is 0 Å². The number of hydrogen-bond donors (Lipinski definition) is 1. The maximum absolute atomic E-state index is 5.80. The summed E-state index contributed by atoms with van der Waals surface area (Å²) < 4.78 is 0. The molecular formula is C10H15ClN2S2. The van der Waals surface area contributed by atoms with Crippen LogP contribution < -0.4 is 5.32 Å². The first kappa shape index (κ1) is 11.6. The lowest BCUT2D eigenvalue weighted by Crippen LogP contribution is -2.26. The Balaban J connectivity index is 1.93. The van der Waals surface area contributed by atoms with Gasteiger partial charge in [-0.05, 0) is 18.6 Å². The molecule has 2 rings (SSSR count). The third-order valence-corrected chi connectivity index (χ3v) is 5.04. The number of halogens is 1. The van der Waals surface area contributed by atoms with Gasteiger partial charge >= 0.3 is 0 Å². The van der Waals surface area contributed by atoms with Gasteiger partial charge in [0, 0.05) is 16.7 Å². The van der Waals surface area contributed by atoms with Crippen molar-refractivity contribution in [2.75, 3.05) is 11.1 Å². The summed E-state index contributed by atoms with van der Waals surface area (Å²) in [4.78, 5) is 4.23. The zero-order valence-electron chi connectivity index (χ0n) is 8.70. The number of thioether (sulfide) groups is 1. The number of hydrogen-bond acceptors (Lipinski definition) is 4. The molecule has 1 aliphatic rings. The minimum atomic E-state index is 0.581. The van der Waals surface area contributed by atoms with E-state index >= 15 is 0 Å². The van der Waals surface area contributed by atoms with Crippen LogP contribution in [0.1, 0.15) is 26.2 Å². The Bertz CT molecular complexity index is 316. The lowest BCUT2D eigenvalue weighted by atomic mass is 10.2. The summed E-state index contributed by atoms with van der Waals surface area (Å²) in [6.07, 6.45) is 3.92. The van der Waals surface area contributed by atoms with Crippen molar-refractivity contribution in [3.63, 3.8) is 0 Å². The van der Waals surface area contributed by atoms with E-state index in [9.17, 15) is 0 Å². The van der Waals surface area contributed by atoms with Crippen molar-refractivity contribution >= 4 is 39.8 Å². The quantitative estimate of drug-likeness (QED) is 0.891. The van der Waals surface area contributed by atoms with Gasteiger partial charge in [-0.25, -0.2) is 4.98 Å². The van der Waals surface area contributed by atoms with Crippen molar-refractivity contribution in [1.82, 2.24) is 4.98 Å². The molecule has 5 heteroatoms. The molecule has 0 radical (unpaired) electrons. The molecule has 0 bridgehead atoms. The summed E-state index contributed by atoms with van der Waals surface area (Å²) >= 11 is 9.44. The van der Waals surface area contributed by atoms with Crippen LogP contribution in [-0.2, 0) is 0 Å². The van der Waals surface area contributed by atoms with Gasteiger partial charge in [0.15, 0.2) is 5.13 Å². The molecule has 1 aromatic rings. The Labute approximate surface area is 104 Å². The van der Waals surface area contributed by atoms with Gasteiger partial charge in [0.2, 0.25) is 0 Å². The van der Waals surface area contributed by atoms with Gasteiger partial charge in [-0.1, -0.05) is 24.9 Å². The highest BCUT2D eigenvalue weighted by molar-refractivity contribution is 7.99. The van der Waals surface area contributed by atoms with Crippen LogP contribution in [0.5, 0.6) is 0 Å². The van der Waals surface area contributed by atoms with Crippen molar-refractivity contribution in [3.05, 3.63) is 10.5 Å². The molecule has 2 unspecified atom stereocenters. The van der Waals surface area contributed by atoms with Crippen molar-refractivity contribution in [3.8, 4) is 0 Å². The second-order valence-electron chi connectivity index (χ2n) is 3.65. The van der Waals surface area contributed by atoms with Crippen LogP contribution in [0.2, 0.25) is 5.15 Å². The maximum atomic E-state index is 5.80. The van der Waals surface area contributed by atoms with Crippen LogP contribution in [0.3, 0.4) is 0 Å². The third-order valence-electron chi connectivity index (χ3n) is 2.62. The van der Waals surface area contributed by atoms with Crippen LogP contribution >= 0.6 is 34.7 Å². The Kier molecular flexibility index (Phi) is 4.17.